The first-order valence-corrected chi connectivity index (χ1v) is 8.95. The highest BCUT2D eigenvalue weighted by Gasteiger charge is 2.22. The van der Waals surface area contributed by atoms with E-state index in [1.54, 1.807) is 11.8 Å². The van der Waals surface area contributed by atoms with Crippen LogP contribution < -0.4 is 4.90 Å². The first-order valence-electron chi connectivity index (χ1n) is 7.91. The summed E-state index contributed by atoms with van der Waals surface area (Å²) in [5, 5.41) is 3.98. The van der Waals surface area contributed by atoms with Gasteiger partial charge in [-0.15, -0.1) is 11.8 Å². The third-order valence-corrected chi connectivity index (χ3v) is 5.04. The van der Waals surface area contributed by atoms with Crippen LogP contribution in [-0.4, -0.2) is 35.8 Å². The molecule has 0 amide bonds. The molecule has 2 rings (SSSR count). The van der Waals surface area contributed by atoms with Crippen molar-refractivity contribution in [2.24, 2.45) is 5.16 Å². The van der Waals surface area contributed by atoms with Gasteiger partial charge in [0.2, 0.25) is 0 Å². The Morgan fingerprint density at radius 3 is 2.91 bits per heavy atom. The molecule has 1 aromatic carbocycles. The van der Waals surface area contributed by atoms with Crippen LogP contribution in [0, 0.1) is 0 Å². The van der Waals surface area contributed by atoms with Gasteiger partial charge in [-0.1, -0.05) is 30.3 Å². The van der Waals surface area contributed by atoms with Crippen LogP contribution in [0.4, 0.5) is 5.69 Å². The molecule has 1 unspecified atom stereocenters. The van der Waals surface area contributed by atoms with Gasteiger partial charge in [-0.2, -0.15) is 0 Å². The molecule has 0 N–H and O–H groups in total. The fourth-order valence-electron chi connectivity index (χ4n) is 2.45. The van der Waals surface area contributed by atoms with Crippen molar-refractivity contribution < 1.29 is 9.63 Å². The molecule has 0 aliphatic carbocycles. The average Bonchev–Trinajstić information content (AvgIpc) is 2.57. The van der Waals surface area contributed by atoms with Gasteiger partial charge in [0.1, 0.15) is 5.25 Å². The van der Waals surface area contributed by atoms with Gasteiger partial charge in [0.15, 0.2) is 0 Å². The lowest BCUT2D eigenvalue weighted by Gasteiger charge is -2.30. The fourth-order valence-corrected chi connectivity index (χ4v) is 3.22. The minimum Gasteiger partial charge on any atom is -0.371 e. The van der Waals surface area contributed by atoms with Crippen LogP contribution >= 0.6 is 11.8 Å². The van der Waals surface area contributed by atoms with Crippen LogP contribution in [0.5, 0.6) is 0 Å². The number of fused-ring (bicyclic) bond motifs is 1. The Bertz CT molecular complexity index is 545. The van der Waals surface area contributed by atoms with E-state index in [0.717, 1.165) is 43.0 Å². The van der Waals surface area contributed by atoms with E-state index in [2.05, 4.69) is 30.0 Å². The normalized spacial score (nSPS) is 17.2. The maximum atomic E-state index is 12.0. The second-order valence-corrected chi connectivity index (χ2v) is 6.76. The van der Waals surface area contributed by atoms with Crippen LogP contribution in [0.3, 0.4) is 0 Å². The minimum absolute atomic E-state index is 0.171. The molecule has 1 aromatic rings. The molecule has 1 heterocycles. The van der Waals surface area contributed by atoms with Crippen molar-refractivity contribution >= 4 is 29.1 Å². The summed E-state index contributed by atoms with van der Waals surface area (Å²) in [6.07, 6.45) is 1.85. The van der Waals surface area contributed by atoms with Gasteiger partial charge in [0.25, 0.3) is 0 Å². The zero-order valence-electron chi connectivity index (χ0n) is 13.5. The number of hydrogen-bond donors (Lipinski definition) is 0. The summed E-state index contributed by atoms with van der Waals surface area (Å²) in [6.45, 7) is 7.99. The van der Waals surface area contributed by atoms with E-state index in [9.17, 15) is 4.79 Å². The van der Waals surface area contributed by atoms with Crippen LogP contribution in [0.15, 0.2) is 29.4 Å². The van der Waals surface area contributed by atoms with Gasteiger partial charge in [-0.3, -0.25) is 0 Å². The van der Waals surface area contributed by atoms with Gasteiger partial charge >= 0.3 is 5.97 Å². The highest BCUT2D eigenvalue weighted by molar-refractivity contribution is 8.00. The quantitative estimate of drug-likeness (QED) is 0.592. The maximum Gasteiger partial charge on any atom is 0.347 e. The number of carbonyl (C=O) groups excluding carboxylic acids is 1. The van der Waals surface area contributed by atoms with Gasteiger partial charge in [-0.25, -0.2) is 4.79 Å². The third kappa shape index (κ3) is 4.03. The molecular formula is C17H24N2O2S. The number of carbonyl (C=O) groups is 1. The van der Waals surface area contributed by atoms with Crippen molar-refractivity contribution in [2.45, 2.75) is 38.9 Å². The van der Waals surface area contributed by atoms with Crippen LogP contribution in [0.1, 0.15) is 39.2 Å². The van der Waals surface area contributed by atoms with Crippen LogP contribution in [0.2, 0.25) is 0 Å². The second-order valence-electron chi connectivity index (χ2n) is 5.31. The highest BCUT2D eigenvalue weighted by Crippen LogP contribution is 2.27. The number of oxime groups is 1. The molecule has 5 heteroatoms. The van der Waals surface area contributed by atoms with Gasteiger partial charge in [0, 0.05) is 30.8 Å². The lowest BCUT2D eigenvalue weighted by Crippen LogP contribution is -2.32. The smallest absolute Gasteiger partial charge is 0.347 e. The summed E-state index contributed by atoms with van der Waals surface area (Å²) in [6, 6.07) is 8.16. The predicted octanol–water partition coefficient (Wildman–Crippen LogP) is 3.70. The summed E-state index contributed by atoms with van der Waals surface area (Å²) < 4.78 is 0. The van der Waals surface area contributed by atoms with E-state index >= 15 is 0 Å². The summed E-state index contributed by atoms with van der Waals surface area (Å²) in [7, 11) is 0. The Morgan fingerprint density at radius 2 is 2.18 bits per heavy atom. The first kappa shape index (κ1) is 16.9. The van der Waals surface area contributed by atoms with Crippen molar-refractivity contribution in [1.29, 1.82) is 0 Å². The van der Waals surface area contributed by atoms with Gasteiger partial charge in [0.05, 0.1) is 5.71 Å². The Labute approximate surface area is 136 Å². The molecule has 1 atom stereocenters. The molecule has 22 heavy (non-hydrogen) atoms. The number of nitrogens with zero attached hydrogens (tertiary/aromatic N) is 2. The molecule has 0 saturated heterocycles. The van der Waals surface area contributed by atoms with E-state index in [1.807, 2.05) is 25.1 Å². The van der Waals surface area contributed by atoms with Gasteiger partial charge < -0.3 is 9.74 Å². The summed E-state index contributed by atoms with van der Waals surface area (Å²) in [5.41, 5.74) is 3.10. The van der Waals surface area contributed by atoms with Crippen molar-refractivity contribution in [3.05, 3.63) is 29.8 Å². The van der Waals surface area contributed by atoms with Crippen molar-refractivity contribution in [1.82, 2.24) is 0 Å². The van der Waals surface area contributed by atoms with Crippen LogP contribution in [-0.2, 0) is 9.63 Å². The number of para-hydroxylation sites is 1. The Kier molecular flexibility index (Phi) is 6.31. The maximum absolute atomic E-state index is 12.0. The van der Waals surface area contributed by atoms with Gasteiger partial charge in [-0.05, 0) is 32.1 Å². The zero-order valence-corrected chi connectivity index (χ0v) is 14.4. The number of benzene rings is 1. The zero-order chi connectivity index (χ0) is 15.9. The fraction of sp³-hybridized carbons (Fsp3) is 0.529. The van der Waals surface area contributed by atoms with E-state index in [-0.39, 0.29) is 11.2 Å². The summed E-state index contributed by atoms with van der Waals surface area (Å²) >= 11 is 1.61. The predicted molar refractivity (Wildman–Crippen MR) is 93.8 cm³/mol. The molecule has 0 saturated carbocycles. The molecule has 1 aliphatic heterocycles. The number of rotatable bonds is 6. The van der Waals surface area contributed by atoms with Crippen molar-refractivity contribution in [3.8, 4) is 0 Å². The van der Waals surface area contributed by atoms with E-state index < -0.39 is 0 Å². The van der Waals surface area contributed by atoms with E-state index in [0.29, 0.717) is 0 Å². The minimum atomic E-state index is -0.263. The second kappa shape index (κ2) is 8.22. The molecule has 0 bridgehead atoms. The Morgan fingerprint density at radius 1 is 1.41 bits per heavy atom. The molecule has 4 nitrogen and oxygen atoms in total. The highest BCUT2D eigenvalue weighted by atomic mass is 32.2. The SMILES string of the molecule is CCCSC(C)C(=O)O/N=C1\CCN(CC)c2ccccc21. The molecular weight excluding hydrogens is 296 g/mol. The number of thioether (sulfide) groups is 1. The Hall–Kier alpha value is -1.49. The molecule has 120 valence electrons. The monoisotopic (exact) mass is 320 g/mol. The number of anilines is 1. The molecule has 0 spiro atoms. The van der Waals surface area contributed by atoms with Crippen LogP contribution in [0.25, 0.3) is 0 Å². The largest absolute Gasteiger partial charge is 0.371 e. The summed E-state index contributed by atoms with van der Waals surface area (Å²) in [5.74, 6) is 0.697. The Balaban J connectivity index is 2.08. The number of hydrogen-bond acceptors (Lipinski definition) is 5. The van der Waals surface area contributed by atoms with E-state index in [1.165, 1.54) is 5.69 Å². The summed E-state index contributed by atoms with van der Waals surface area (Å²) in [4.78, 5) is 19.5. The average molecular weight is 320 g/mol. The standard InChI is InChI=1S/C17H24N2O2S/c1-4-12-22-13(3)17(20)21-18-15-10-11-19(5-2)16-9-7-6-8-14(15)16/h6-9,13H,4-5,10-12H2,1-3H3/b18-15+. The van der Waals surface area contributed by atoms with Crippen molar-refractivity contribution in [3.63, 3.8) is 0 Å². The molecule has 0 radical (unpaired) electrons. The lowest BCUT2D eigenvalue weighted by atomic mass is 10.00. The molecule has 0 aromatic heterocycles. The third-order valence-electron chi connectivity index (χ3n) is 3.71. The first-order chi connectivity index (χ1) is 10.7. The van der Waals surface area contributed by atoms with Crippen molar-refractivity contribution in [2.75, 3.05) is 23.7 Å². The molecule has 0 fully saturated rings. The lowest BCUT2D eigenvalue weighted by molar-refractivity contribution is -0.142. The molecule has 1 aliphatic rings. The topological polar surface area (TPSA) is 41.9 Å². The van der Waals surface area contributed by atoms with E-state index in [4.69, 9.17) is 4.84 Å².